The molecule has 5 aromatic rings. The van der Waals surface area contributed by atoms with Crippen molar-refractivity contribution in [3.8, 4) is 11.6 Å². The van der Waals surface area contributed by atoms with Crippen molar-refractivity contribution < 1.29 is 4.74 Å². The molecule has 0 spiro atoms. The van der Waals surface area contributed by atoms with Gasteiger partial charge in [0.25, 0.3) is 0 Å². The molecule has 2 aromatic heterocycles. The highest BCUT2D eigenvalue weighted by Crippen LogP contribution is 2.26. The van der Waals surface area contributed by atoms with E-state index >= 15 is 0 Å². The summed E-state index contributed by atoms with van der Waals surface area (Å²) in [6.07, 6.45) is 3.11. The van der Waals surface area contributed by atoms with Crippen molar-refractivity contribution >= 4 is 21.7 Å². The maximum atomic E-state index is 13.0. The molecule has 1 aliphatic rings. The minimum absolute atomic E-state index is 0.196. The molecule has 0 saturated carbocycles. The number of ether oxygens (including phenoxy) is 1. The van der Waals surface area contributed by atoms with Gasteiger partial charge < -0.3 is 9.64 Å². The lowest BCUT2D eigenvalue weighted by Crippen LogP contribution is -2.36. The van der Waals surface area contributed by atoms with Crippen LogP contribution in [0.2, 0.25) is 0 Å². The summed E-state index contributed by atoms with van der Waals surface area (Å²) in [4.78, 5) is 23.0. The Morgan fingerprint density at radius 1 is 1.00 bits per heavy atom. The number of nitrogens with one attached hydrogen (secondary N) is 1. The molecule has 1 atom stereocenters. The number of pyridine rings is 1. The Balaban J connectivity index is 1.20. The number of aromatic amines is 1. The molecule has 0 aliphatic carbocycles. The minimum atomic E-state index is -0.240. The summed E-state index contributed by atoms with van der Waals surface area (Å²) >= 11 is 0. The van der Waals surface area contributed by atoms with Gasteiger partial charge in [-0.2, -0.15) is 4.68 Å². The second-order valence-corrected chi connectivity index (χ2v) is 9.50. The van der Waals surface area contributed by atoms with E-state index < -0.39 is 0 Å². The number of methoxy groups -OCH3 is 1. The number of fused-ring (bicyclic) bond motifs is 2. The second kappa shape index (κ2) is 9.59. The van der Waals surface area contributed by atoms with Gasteiger partial charge in [0.05, 0.1) is 12.8 Å². The van der Waals surface area contributed by atoms with Crippen LogP contribution in [0.15, 0.2) is 77.6 Å². The minimum Gasteiger partial charge on any atom is -0.481 e. The lowest BCUT2D eigenvalue weighted by atomic mass is 9.97. The van der Waals surface area contributed by atoms with Gasteiger partial charge in [0.2, 0.25) is 5.88 Å². The SMILES string of the molecule is COc1ccc2cccc(-n3nc(C4CCCN(CCc5ccc6ccccc6c5)C4)[nH]c3=O)c2n1. The zero-order chi connectivity index (χ0) is 24.5. The van der Waals surface area contributed by atoms with E-state index in [0.717, 1.165) is 50.1 Å². The molecule has 7 nitrogen and oxygen atoms in total. The van der Waals surface area contributed by atoms with Crippen molar-refractivity contribution in [2.75, 3.05) is 26.7 Å². The zero-order valence-corrected chi connectivity index (χ0v) is 20.4. The fourth-order valence-electron chi connectivity index (χ4n) is 5.25. The van der Waals surface area contributed by atoms with E-state index in [1.165, 1.54) is 21.0 Å². The molecule has 1 fully saturated rings. The summed E-state index contributed by atoms with van der Waals surface area (Å²) in [6.45, 7) is 2.96. The number of likely N-dealkylation sites (tertiary alicyclic amines) is 1. The Morgan fingerprint density at radius 2 is 1.83 bits per heavy atom. The molecule has 1 unspecified atom stereocenters. The number of hydrogen-bond acceptors (Lipinski definition) is 5. The molecule has 182 valence electrons. The fraction of sp³-hybridized carbons (Fsp3) is 0.276. The predicted octanol–water partition coefficient (Wildman–Crippen LogP) is 4.69. The van der Waals surface area contributed by atoms with Gasteiger partial charge in [-0.05, 0) is 54.3 Å². The van der Waals surface area contributed by atoms with Crippen LogP contribution in [0.5, 0.6) is 5.88 Å². The number of rotatable bonds is 6. The first-order valence-corrected chi connectivity index (χ1v) is 12.5. The van der Waals surface area contributed by atoms with Crippen LogP contribution in [0.3, 0.4) is 0 Å². The lowest BCUT2D eigenvalue weighted by molar-refractivity contribution is 0.206. The number of para-hydroxylation sites is 1. The Bertz CT molecular complexity index is 1590. The molecule has 0 amide bonds. The molecule has 3 aromatic carbocycles. The van der Waals surface area contributed by atoms with Crippen LogP contribution in [0.1, 0.15) is 30.1 Å². The standard InChI is InChI=1S/C29H29N5O2/c1-36-26-14-13-22-8-4-10-25(27(22)30-26)34-29(35)31-28(32-34)24-9-5-16-33(19-24)17-15-20-11-12-21-6-2-3-7-23(21)18-20/h2-4,6-8,10-14,18,24H,5,9,15-17,19H2,1H3,(H,31,32,35). The van der Waals surface area contributed by atoms with Crippen LogP contribution in [-0.4, -0.2) is 51.4 Å². The molecule has 0 bridgehead atoms. The summed E-state index contributed by atoms with van der Waals surface area (Å²) < 4.78 is 6.74. The van der Waals surface area contributed by atoms with Crippen molar-refractivity contribution in [1.82, 2.24) is 24.6 Å². The number of hydrogen-bond donors (Lipinski definition) is 1. The van der Waals surface area contributed by atoms with E-state index in [2.05, 4.69) is 57.3 Å². The van der Waals surface area contributed by atoms with Crippen LogP contribution in [0, 0.1) is 0 Å². The molecule has 7 heteroatoms. The zero-order valence-electron chi connectivity index (χ0n) is 20.4. The van der Waals surface area contributed by atoms with Gasteiger partial charge in [-0.25, -0.2) is 9.78 Å². The van der Waals surface area contributed by atoms with Crippen molar-refractivity contribution in [2.45, 2.75) is 25.2 Å². The third-order valence-corrected chi connectivity index (χ3v) is 7.17. The van der Waals surface area contributed by atoms with Gasteiger partial charge in [-0.1, -0.05) is 54.6 Å². The highest BCUT2D eigenvalue weighted by Gasteiger charge is 2.25. The van der Waals surface area contributed by atoms with E-state index in [4.69, 9.17) is 9.84 Å². The van der Waals surface area contributed by atoms with E-state index in [9.17, 15) is 4.79 Å². The Hall–Kier alpha value is -3.97. The third kappa shape index (κ3) is 4.38. The molecular weight excluding hydrogens is 450 g/mol. The normalized spacial score (nSPS) is 16.5. The van der Waals surface area contributed by atoms with Gasteiger partial charge in [0.15, 0.2) is 0 Å². The molecule has 1 saturated heterocycles. The summed E-state index contributed by atoms with van der Waals surface area (Å²) in [5.41, 5.74) is 2.46. The van der Waals surface area contributed by atoms with E-state index in [1.54, 1.807) is 7.11 Å². The predicted molar refractivity (Wildman–Crippen MR) is 142 cm³/mol. The van der Waals surface area contributed by atoms with Crippen molar-refractivity contribution in [3.05, 3.63) is 94.7 Å². The first-order valence-electron chi connectivity index (χ1n) is 12.5. The number of H-pyrrole nitrogens is 1. The van der Waals surface area contributed by atoms with E-state index in [-0.39, 0.29) is 11.6 Å². The van der Waals surface area contributed by atoms with Crippen molar-refractivity contribution in [1.29, 1.82) is 0 Å². The Morgan fingerprint density at radius 3 is 2.72 bits per heavy atom. The first-order chi connectivity index (χ1) is 17.7. The highest BCUT2D eigenvalue weighted by molar-refractivity contribution is 5.86. The van der Waals surface area contributed by atoms with E-state index in [0.29, 0.717) is 17.1 Å². The number of aromatic nitrogens is 4. The van der Waals surface area contributed by atoms with E-state index in [1.807, 2.05) is 30.3 Å². The van der Waals surface area contributed by atoms with Crippen LogP contribution in [0.25, 0.3) is 27.4 Å². The summed E-state index contributed by atoms with van der Waals surface area (Å²) in [5.74, 6) is 1.45. The average Bonchev–Trinajstić information content (AvgIpc) is 3.32. The summed E-state index contributed by atoms with van der Waals surface area (Å²) in [5, 5.41) is 8.23. The fourth-order valence-corrected chi connectivity index (χ4v) is 5.25. The highest BCUT2D eigenvalue weighted by atomic mass is 16.5. The Kier molecular flexibility index (Phi) is 5.99. The largest absolute Gasteiger partial charge is 0.481 e. The van der Waals surface area contributed by atoms with Crippen molar-refractivity contribution in [2.24, 2.45) is 0 Å². The van der Waals surface area contributed by atoms with Gasteiger partial charge >= 0.3 is 5.69 Å². The monoisotopic (exact) mass is 479 g/mol. The maximum Gasteiger partial charge on any atom is 0.348 e. The molecule has 1 N–H and O–H groups in total. The van der Waals surface area contributed by atoms with Gasteiger partial charge in [-0.15, -0.1) is 5.10 Å². The smallest absolute Gasteiger partial charge is 0.348 e. The van der Waals surface area contributed by atoms with Crippen LogP contribution < -0.4 is 10.4 Å². The van der Waals surface area contributed by atoms with Gasteiger partial charge in [-0.3, -0.25) is 4.98 Å². The van der Waals surface area contributed by atoms with Crippen LogP contribution in [0.4, 0.5) is 0 Å². The third-order valence-electron chi connectivity index (χ3n) is 7.17. The summed E-state index contributed by atoms with van der Waals surface area (Å²) in [6, 6.07) is 24.7. The number of piperidine rings is 1. The molecule has 0 radical (unpaired) electrons. The van der Waals surface area contributed by atoms with Crippen LogP contribution in [-0.2, 0) is 6.42 Å². The van der Waals surface area contributed by atoms with Crippen LogP contribution >= 0.6 is 0 Å². The quantitative estimate of drug-likeness (QED) is 0.382. The van der Waals surface area contributed by atoms with Crippen molar-refractivity contribution in [3.63, 3.8) is 0 Å². The molecule has 3 heterocycles. The lowest BCUT2D eigenvalue weighted by Gasteiger charge is -2.31. The van der Waals surface area contributed by atoms with Gasteiger partial charge in [0, 0.05) is 30.5 Å². The molecule has 6 rings (SSSR count). The molecule has 1 aliphatic heterocycles. The molecular formula is C29H29N5O2. The topological polar surface area (TPSA) is 76.0 Å². The number of nitrogens with zero attached hydrogens (tertiary/aromatic N) is 4. The van der Waals surface area contributed by atoms with Gasteiger partial charge in [0.1, 0.15) is 11.3 Å². The maximum absolute atomic E-state index is 13.0. The summed E-state index contributed by atoms with van der Waals surface area (Å²) in [7, 11) is 1.59. The Labute approximate surface area is 209 Å². The first kappa shape index (κ1) is 22.5. The second-order valence-electron chi connectivity index (χ2n) is 9.50. The average molecular weight is 480 g/mol. The molecule has 36 heavy (non-hydrogen) atoms. The number of benzene rings is 3.